The molecule has 0 N–H and O–H groups in total. The van der Waals surface area contributed by atoms with Crippen LogP contribution in [-0.4, -0.2) is 33.0 Å². The van der Waals surface area contributed by atoms with Gasteiger partial charge in [-0.05, 0) is 0 Å². The van der Waals surface area contributed by atoms with E-state index in [1.54, 1.807) is 0 Å². The molecule has 0 bridgehead atoms. The standard InChI is InChI=1S/C7H9F5O4S/c1-2-15-4-3-5-16-6(8,9)7(10,11)17(12,13)14/h2H,1,3-5H2. The number of hydrogen-bond acceptors (Lipinski definition) is 4. The van der Waals surface area contributed by atoms with E-state index in [0.717, 1.165) is 6.26 Å². The zero-order valence-electron chi connectivity index (χ0n) is 8.34. The Morgan fingerprint density at radius 2 is 1.71 bits per heavy atom. The van der Waals surface area contributed by atoms with E-state index in [0.29, 0.717) is 0 Å². The summed E-state index contributed by atoms with van der Waals surface area (Å²) in [6, 6.07) is 0. The lowest BCUT2D eigenvalue weighted by Gasteiger charge is -2.22. The maximum Gasteiger partial charge on any atom is 0.464 e. The molecule has 0 aliphatic heterocycles. The van der Waals surface area contributed by atoms with Crippen LogP contribution >= 0.6 is 0 Å². The number of rotatable bonds is 8. The molecule has 0 radical (unpaired) electrons. The van der Waals surface area contributed by atoms with Gasteiger partial charge in [0.2, 0.25) is 0 Å². The van der Waals surface area contributed by atoms with Crippen molar-refractivity contribution in [1.82, 2.24) is 0 Å². The van der Waals surface area contributed by atoms with Crippen molar-refractivity contribution >= 4 is 10.2 Å². The van der Waals surface area contributed by atoms with Crippen molar-refractivity contribution in [2.24, 2.45) is 0 Å². The van der Waals surface area contributed by atoms with Gasteiger partial charge in [0.05, 0.1) is 19.5 Å². The van der Waals surface area contributed by atoms with Gasteiger partial charge in [-0.25, -0.2) is 0 Å². The van der Waals surface area contributed by atoms with E-state index in [1.165, 1.54) is 0 Å². The normalized spacial score (nSPS) is 13.5. The van der Waals surface area contributed by atoms with Gasteiger partial charge >= 0.3 is 21.6 Å². The van der Waals surface area contributed by atoms with Crippen LogP contribution in [0.25, 0.3) is 0 Å². The molecule has 0 aromatic rings. The molecule has 102 valence electrons. The Balaban J connectivity index is 4.43. The van der Waals surface area contributed by atoms with Crippen molar-refractivity contribution in [1.29, 1.82) is 0 Å². The SMILES string of the molecule is C=COCCCOC(F)(F)C(F)(F)S(=O)(=O)F. The van der Waals surface area contributed by atoms with E-state index in [9.17, 15) is 29.9 Å². The lowest BCUT2D eigenvalue weighted by Crippen LogP contribution is -2.47. The first-order valence-electron chi connectivity index (χ1n) is 4.12. The molecular formula is C7H9F5O4S. The molecule has 0 heterocycles. The van der Waals surface area contributed by atoms with Crippen LogP contribution < -0.4 is 0 Å². The Kier molecular flexibility index (Phi) is 5.33. The molecule has 0 spiro atoms. The van der Waals surface area contributed by atoms with Gasteiger partial charge in [-0.3, -0.25) is 0 Å². The second-order valence-corrected chi connectivity index (χ2v) is 4.10. The van der Waals surface area contributed by atoms with Gasteiger partial charge in [0.15, 0.2) is 0 Å². The van der Waals surface area contributed by atoms with Crippen LogP contribution in [0.15, 0.2) is 12.8 Å². The molecule has 0 fully saturated rings. The van der Waals surface area contributed by atoms with Gasteiger partial charge in [0.25, 0.3) is 0 Å². The highest BCUT2D eigenvalue weighted by Gasteiger charge is 2.68. The van der Waals surface area contributed by atoms with Gasteiger partial charge in [0.1, 0.15) is 0 Å². The fourth-order valence-corrected chi connectivity index (χ4v) is 0.995. The van der Waals surface area contributed by atoms with Crippen molar-refractivity contribution in [2.75, 3.05) is 13.2 Å². The second-order valence-electron chi connectivity index (χ2n) is 2.71. The fourth-order valence-electron chi connectivity index (χ4n) is 0.652. The molecule has 4 nitrogen and oxygen atoms in total. The van der Waals surface area contributed by atoms with E-state index >= 15 is 0 Å². The average molecular weight is 284 g/mol. The Morgan fingerprint density at radius 1 is 1.18 bits per heavy atom. The van der Waals surface area contributed by atoms with Gasteiger partial charge in [-0.1, -0.05) is 10.5 Å². The first kappa shape index (κ1) is 16.1. The third-order valence-corrected chi connectivity index (χ3v) is 2.30. The third kappa shape index (κ3) is 4.11. The van der Waals surface area contributed by atoms with E-state index in [-0.39, 0.29) is 13.0 Å². The largest absolute Gasteiger partial charge is 0.502 e. The van der Waals surface area contributed by atoms with Crippen molar-refractivity contribution < 1.29 is 39.3 Å². The number of hydrogen-bond donors (Lipinski definition) is 0. The molecule has 0 aromatic carbocycles. The molecule has 10 heteroatoms. The van der Waals surface area contributed by atoms with E-state index < -0.39 is 28.2 Å². The Morgan fingerprint density at radius 3 is 2.12 bits per heavy atom. The van der Waals surface area contributed by atoms with Crippen LogP contribution in [0.2, 0.25) is 0 Å². The highest BCUT2D eigenvalue weighted by molar-refractivity contribution is 7.87. The minimum atomic E-state index is -6.76. The lowest BCUT2D eigenvalue weighted by atomic mass is 10.5. The van der Waals surface area contributed by atoms with Gasteiger partial charge in [0, 0.05) is 6.42 Å². The first-order chi connectivity index (χ1) is 7.56. The molecular weight excluding hydrogens is 275 g/mol. The lowest BCUT2D eigenvalue weighted by molar-refractivity contribution is -0.318. The maximum absolute atomic E-state index is 12.6. The molecule has 0 saturated heterocycles. The minimum Gasteiger partial charge on any atom is -0.502 e. The summed E-state index contributed by atoms with van der Waals surface area (Å²) in [6.07, 6.45) is -4.70. The van der Waals surface area contributed by atoms with Crippen molar-refractivity contribution in [2.45, 2.75) is 17.8 Å². The van der Waals surface area contributed by atoms with Crippen LogP contribution in [0.1, 0.15) is 6.42 Å². The summed E-state index contributed by atoms with van der Waals surface area (Å²) in [6.45, 7) is 2.03. The zero-order chi connectivity index (χ0) is 13.7. The van der Waals surface area contributed by atoms with Crippen LogP contribution in [0.4, 0.5) is 21.4 Å². The number of ether oxygens (including phenoxy) is 2. The van der Waals surface area contributed by atoms with Crippen molar-refractivity contribution in [3.05, 3.63) is 12.8 Å². The quantitative estimate of drug-likeness (QED) is 0.296. The molecule has 0 aliphatic rings. The predicted octanol–water partition coefficient (Wildman–Crippen LogP) is 2.04. The molecule has 0 aliphatic carbocycles. The monoisotopic (exact) mass is 284 g/mol. The van der Waals surface area contributed by atoms with Crippen LogP contribution in [-0.2, 0) is 19.7 Å². The fraction of sp³-hybridized carbons (Fsp3) is 0.714. The topological polar surface area (TPSA) is 52.6 Å². The predicted molar refractivity (Wildman–Crippen MR) is 46.6 cm³/mol. The second kappa shape index (κ2) is 5.63. The first-order valence-corrected chi connectivity index (χ1v) is 5.51. The van der Waals surface area contributed by atoms with E-state index in [1.807, 2.05) is 0 Å². The molecule has 0 amide bonds. The average Bonchev–Trinajstić information content (AvgIpc) is 2.15. The highest BCUT2D eigenvalue weighted by Crippen LogP contribution is 2.40. The van der Waals surface area contributed by atoms with Crippen molar-refractivity contribution in [3.8, 4) is 0 Å². The summed E-state index contributed by atoms with van der Waals surface area (Å²) < 4.78 is 89.3. The molecule has 17 heavy (non-hydrogen) atoms. The highest BCUT2D eigenvalue weighted by atomic mass is 32.3. The summed E-state index contributed by atoms with van der Waals surface area (Å²) in [7, 11) is -6.76. The summed E-state index contributed by atoms with van der Waals surface area (Å²) in [5.74, 6) is 0. The van der Waals surface area contributed by atoms with Crippen molar-refractivity contribution in [3.63, 3.8) is 0 Å². The van der Waals surface area contributed by atoms with E-state index in [2.05, 4.69) is 16.1 Å². The van der Waals surface area contributed by atoms with Crippen LogP contribution in [0, 0.1) is 0 Å². The maximum atomic E-state index is 12.6. The molecule has 0 atom stereocenters. The molecule has 0 saturated carbocycles. The van der Waals surface area contributed by atoms with E-state index in [4.69, 9.17) is 0 Å². The van der Waals surface area contributed by atoms with Crippen LogP contribution in [0.5, 0.6) is 0 Å². The molecule has 0 aromatic heterocycles. The van der Waals surface area contributed by atoms with Gasteiger partial charge in [-0.15, -0.1) is 0 Å². The summed E-state index contributed by atoms with van der Waals surface area (Å²) in [5.41, 5.74) is 0. The smallest absolute Gasteiger partial charge is 0.464 e. The summed E-state index contributed by atoms with van der Waals surface area (Å²) >= 11 is 0. The molecule has 0 unspecified atom stereocenters. The zero-order valence-corrected chi connectivity index (χ0v) is 9.15. The minimum absolute atomic E-state index is 0.145. The summed E-state index contributed by atoms with van der Waals surface area (Å²) in [5, 5.41) is -5.93. The Hall–Kier alpha value is -0.900. The number of halogens is 5. The van der Waals surface area contributed by atoms with Gasteiger partial charge < -0.3 is 9.47 Å². The van der Waals surface area contributed by atoms with Gasteiger partial charge in [-0.2, -0.15) is 26.0 Å². The van der Waals surface area contributed by atoms with Crippen LogP contribution in [0.3, 0.4) is 0 Å². The summed E-state index contributed by atoms with van der Waals surface area (Å²) in [4.78, 5) is 0. The Labute approximate surface area is 94.2 Å². The Bertz CT molecular complexity index is 353. The number of alkyl halides is 4. The molecule has 0 rings (SSSR count). The third-order valence-electron chi connectivity index (χ3n) is 1.45.